The van der Waals surface area contributed by atoms with E-state index in [1.807, 2.05) is 24.3 Å². The number of hydrogen-bond acceptors (Lipinski definition) is 3. The van der Waals surface area contributed by atoms with Crippen molar-refractivity contribution in [3.05, 3.63) is 59.2 Å². The van der Waals surface area contributed by atoms with E-state index in [1.54, 1.807) is 0 Å². The van der Waals surface area contributed by atoms with Crippen molar-refractivity contribution in [2.45, 2.75) is 25.7 Å². The molecule has 1 atom stereocenters. The van der Waals surface area contributed by atoms with Gasteiger partial charge in [-0.2, -0.15) is 0 Å². The van der Waals surface area contributed by atoms with Crippen molar-refractivity contribution < 1.29 is 14.6 Å². The first-order valence-corrected chi connectivity index (χ1v) is 7.17. The molecule has 1 N–H and O–H groups in total. The zero-order chi connectivity index (χ0) is 14.9. The van der Waals surface area contributed by atoms with Gasteiger partial charge in [0.2, 0.25) is 6.79 Å². The highest BCUT2D eigenvalue weighted by Crippen LogP contribution is 2.35. The van der Waals surface area contributed by atoms with Gasteiger partial charge in [-0.1, -0.05) is 42.8 Å². The van der Waals surface area contributed by atoms with E-state index < -0.39 is 0 Å². The van der Waals surface area contributed by atoms with Gasteiger partial charge in [-0.25, -0.2) is 0 Å². The van der Waals surface area contributed by atoms with E-state index >= 15 is 0 Å². The van der Waals surface area contributed by atoms with Gasteiger partial charge >= 0.3 is 0 Å². The number of benzene rings is 2. The number of rotatable bonds is 4. The Morgan fingerprint density at radius 1 is 1.10 bits per heavy atom. The summed E-state index contributed by atoms with van der Waals surface area (Å²) in [5.41, 5.74) is 3.19. The van der Waals surface area contributed by atoms with Crippen LogP contribution in [0, 0.1) is 6.92 Å². The molecule has 0 saturated heterocycles. The molecule has 1 unspecified atom stereocenters. The van der Waals surface area contributed by atoms with Gasteiger partial charge in [0.05, 0.1) is 6.61 Å². The molecule has 110 valence electrons. The van der Waals surface area contributed by atoms with E-state index in [0.29, 0.717) is 0 Å². The van der Waals surface area contributed by atoms with Crippen molar-refractivity contribution in [3.63, 3.8) is 0 Å². The van der Waals surface area contributed by atoms with E-state index in [4.69, 9.17) is 9.47 Å². The maximum Gasteiger partial charge on any atom is 0.231 e. The smallest absolute Gasteiger partial charge is 0.231 e. The molecular weight excluding hydrogens is 264 g/mol. The zero-order valence-corrected chi connectivity index (χ0v) is 12.4. The first-order chi connectivity index (χ1) is 10.1. The Bertz CT molecular complexity index is 651. The van der Waals surface area contributed by atoms with Gasteiger partial charge in [0.1, 0.15) is 0 Å². The Kier molecular flexibility index (Phi) is 3.60. The van der Waals surface area contributed by atoms with Crippen LogP contribution in [-0.2, 0) is 11.8 Å². The summed E-state index contributed by atoms with van der Waals surface area (Å²) in [6.45, 7) is 4.55. The maximum atomic E-state index is 9.93. The summed E-state index contributed by atoms with van der Waals surface area (Å²) >= 11 is 0. The average Bonchev–Trinajstić information content (AvgIpc) is 2.94. The van der Waals surface area contributed by atoms with Gasteiger partial charge in [-0.3, -0.25) is 0 Å². The number of aliphatic hydroxyl groups excluding tert-OH is 1. The fourth-order valence-electron chi connectivity index (χ4n) is 2.77. The van der Waals surface area contributed by atoms with Gasteiger partial charge in [-0.05, 0) is 36.6 Å². The van der Waals surface area contributed by atoms with Gasteiger partial charge in [-0.15, -0.1) is 0 Å². The normalized spacial score (nSPS) is 15.8. The van der Waals surface area contributed by atoms with Crippen LogP contribution in [-0.4, -0.2) is 18.5 Å². The molecular formula is C18H20O3. The molecule has 0 radical (unpaired) electrons. The third-order valence-electron chi connectivity index (χ3n) is 4.10. The fourth-order valence-corrected chi connectivity index (χ4v) is 2.77. The van der Waals surface area contributed by atoms with Crippen molar-refractivity contribution in [1.82, 2.24) is 0 Å². The second-order valence-corrected chi connectivity index (χ2v) is 5.95. The minimum atomic E-state index is -0.306. The van der Waals surface area contributed by atoms with Gasteiger partial charge < -0.3 is 14.6 Å². The van der Waals surface area contributed by atoms with Crippen LogP contribution in [0.5, 0.6) is 11.5 Å². The molecule has 1 aliphatic heterocycles. The SMILES string of the molecule is Cc1cccc(C(C)(CO)Cc2ccc3c(c2)OCO3)c1. The minimum Gasteiger partial charge on any atom is -0.454 e. The summed E-state index contributed by atoms with van der Waals surface area (Å²) in [5, 5.41) is 9.93. The lowest BCUT2D eigenvalue weighted by atomic mass is 9.77. The number of aryl methyl sites for hydroxylation is 1. The van der Waals surface area contributed by atoms with E-state index in [2.05, 4.69) is 32.0 Å². The first kappa shape index (κ1) is 14.0. The molecule has 1 aliphatic rings. The van der Waals surface area contributed by atoms with E-state index in [0.717, 1.165) is 29.0 Å². The number of fused-ring (bicyclic) bond motifs is 1. The summed E-state index contributed by atoms with van der Waals surface area (Å²) < 4.78 is 10.8. The molecule has 3 nitrogen and oxygen atoms in total. The monoisotopic (exact) mass is 284 g/mol. The molecule has 2 aromatic carbocycles. The van der Waals surface area contributed by atoms with Crippen molar-refractivity contribution >= 4 is 0 Å². The predicted molar refractivity (Wildman–Crippen MR) is 81.9 cm³/mol. The van der Waals surface area contributed by atoms with Gasteiger partial charge in [0, 0.05) is 5.41 Å². The lowest BCUT2D eigenvalue weighted by molar-refractivity contribution is 0.174. The van der Waals surface area contributed by atoms with E-state index in [-0.39, 0.29) is 18.8 Å². The van der Waals surface area contributed by atoms with Crippen molar-refractivity contribution in [3.8, 4) is 11.5 Å². The van der Waals surface area contributed by atoms with Crippen molar-refractivity contribution in [1.29, 1.82) is 0 Å². The Labute approximate surface area is 125 Å². The van der Waals surface area contributed by atoms with Crippen LogP contribution in [0.25, 0.3) is 0 Å². The quantitative estimate of drug-likeness (QED) is 0.937. The maximum absolute atomic E-state index is 9.93. The van der Waals surface area contributed by atoms with Crippen LogP contribution in [0.1, 0.15) is 23.6 Å². The Morgan fingerprint density at radius 3 is 2.67 bits per heavy atom. The molecule has 0 aromatic heterocycles. The van der Waals surface area contributed by atoms with Gasteiger partial charge in [0.25, 0.3) is 0 Å². The summed E-state index contributed by atoms with van der Waals surface area (Å²) in [4.78, 5) is 0. The molecule has 3 rings (SSSR count). The molecule has 2 aromatic rings. The van der Waals surface area contributed by atoms with Crippen molar-refractivity contribution in [2.24, 2.45) is 0 Å². The Hall–Kier alpha value is -2.00. The van der Waals surface area contributed by atoms with Crippen LogP contribution in [0.3, 0.4) is 0 Å². The van der Waals surface area contributed by atoms with Crippen LogP contribution in [0.15, 0.2) is 42.5 Å². The average molecular weight is 284 g/mol. The topological polar surface area (TPSA) is 38.7 Å². The molecule has 0 aliphatic carbocycles. The standard InChI is InChI=1S/C18H20O3/c1-13-4-3-5-15(8-13)18(2,11-19)10-14-6-7-16-17(9-14)21-12-20-16/h3-9,19H,10-12H2,1-2H3. The molecule has 0 spiro atoms. The lowest BCUT2D eigenvalue weighted by Gasteiger charge is -2.28. The summed E-state index contributed by atoms with van der Waals surface area (Å²) in [7, 11) is 0. The highest BCUT2D eigenvalue weighted by atomic mass is 16.7. The van der Waals surface area contributed by atoms with Gasteiger partial charge in [0.15, 0.2) is 11.5 Å². The number of aliphatic hydroxyl groups is 1. The minimum absolute atomic E-state index is 0.102. The summed E-state index contributed by atoms with van der Waals surface area (Å²) in [6.07, 6.45) is 0.754. The molecule has 0 saturated carbocycles. The van der Waals surface area contributed by atoms with Crippen LogP contribution < -0.4 is 9.47 Å². The van der Waals surface area contributed by atoms with E-state index in [1.165, 1.54) is 5.56 Å². The molecule has 0 fully saturated rings. The Balaban J connectivity index is 1.90. The first-order valence-electron chi connectivity index (χ1n) is 7.17. The molecule has 3 heteroatoms. The number of ether oxygens (including phenoxy) is 2. The molecule has 1 heterocycles. The van der Waals surface area contributed by atoms with E-state index in [9.17, 15) is 5.11 Å². The largest absolute Gasteiger partial charge is 0.454 e. The zero-order valence-electron chi connectivity index (χ0n) is 12.4. The Morgan fingerprint density at radius 2 is 1.90 bits per heavy atom. The highest BCUT2D eigenvalue weighted by Gasteiger charge is 2.27. The molecule has 21 heavy (non-hydrogen) atoms. The second-order valence-electron chi connectivity index (χ2n) is 5.95. The molecule has 0 bridgehead atoms. The third-order valence-corrected chi connectivity index (χ3v) is 4.10. The second kappa shape index (κ2) is 5.41. The summed E-state index contributed by atoms with van der Waals surface area (Å²) in [6, 6.07) is 14.3. The predicted octanol–water partition coefficient (Wildman–Crippen LogP) is 3.22. The van der Waals surface area contributed by atoms with Crippen LogP contribution in [0.2, 0.25) is 0 Å². The van der Waals surface area contributed by atoms with Crippen molar-refractivity contribution in [2.75, 3.05) is 13.4 Å². The third kappa shape index (κ3) is 2.74. The summed E-state index contributed by atoms with van der Waals surface area (Å²) in [5.74, 6) is 1.58. The fraction of sp³-hybridized carbons (Fsp3) is 0.333. The number of hydrogen-bond donors (Lipinski definition) is 1. The highest BCUT2D eigenvalue weighted by molar-refractivity contribution is 5.45. The van der Waals surface area contributed by atoms with Crippen LogP contribution in [0.4, 0.5) is 0 Å². The van der Waals surface area contributed by atoms with Crippen LogP contribution >= 0.6 is 0 Å². The lowest BCUT2D eigenvalue weighted by Crippen LogP contribution is -2.29. The molecule has 0 amide bonds.